The molecule has 4 heteroatoms. The van der Waals surface area contributed by atoms with Crippen LogP contribution in [0.2, 0.25) is 0 Å². The number of benzene rings is 9. The molecule has 61 heavy (non-hydrogen) atoms. The third-order valence-corrected chi connectivity index (χ3v) is 15.5. The average Bonchev–Trinajstić information content (AvgIpc) is 3.83. The third kappa shape index (κ3) is 5.39. The lowest BCUT2D eigenvalue weighted by Gasteiger charge is -2.34. The zero-order valence-corrected chi connectivity index (χ0v) is 34.9. The molecule has 0 fully saturated rings. The molecule has 288 valence electrons. The largest absolute Gasteiger partial charge is 0.308 e. The predicted octanol–water partition coefficient (Wildman–Crippen LogP) is 15.9. The minimum absolute atomic E-state index is 0.147. The number of nitrogens with zero attached hydrogens (tertiary/aromatic N) is 2. The van der Waals surface area contributed by atoms with Gasteiger partial charge in [-0.05, 0) is 129 Å². The molecule has 9 aromatic rings. The molecule has 9 aromatic carbocycles. The van der Waals surface area contributed by atoms with Crippen LogP contribution < -0.4 is 9.80 Å². The van der Waals surface area contributed by atoms with Crippen molar-refractivity contribution in [2.24, 2.45) is 0 Å². The van der Waals surface area contributed by atoms with Crippen LogP contribution in [0.25, 0.3) is 34.1 Å². The molecule has 0 bridgehead atoms. The Hall–Kier alpha value is -6.72. The van der Waals surface area contributed by atoms with Crippen LogP contribution in [0.3, 0.4) is 0 Å². The number of hydrogen-bond donors (Lipinski definition) is 0. The molecule has 0 amide bonds. The van der Waals surface area contributed by atoms with Crippen molar-refractivity contribution < 1.29 is 0 Å². The van der Waals surface area contributed by atoms with E-state index < -0.39 is 0 Å². The zero-order valence-electron chi connectivity index (χ0n) is 33.3. The lowest BCUT2D eigenvalue weighted by Crippen LogP contribution is -2.26. The first kappa shape index (κ1) is 35.1. The second-order valence-corrected chi connectivity index (χ2v) is 18.7. The van der Waals surface area contributed by atoms with E-state index in [1.54, 1.807) is 0 Å². The Morgan fingerprint density at radius 1 is 0.393 bits per heavy atom. The average molecular weight is 815 g/mol. The van der Waals surface area contributed by atoms with Crippen molar-refractivity contribution in [2.75, 3.05) is 9.80 Å². The molecule has 0 N–H and O–H groups in total. The SMILES string of the molecule is C(=C\c1ccc(N2c3ccccc3Sc3ccccc32)c2ccccc12)/c1ccc2c(c1)C1(Cc3ccccc3C1)c1cc(N3c4ccccc4Sc4ccccc43)ccc1-2. The topological polar surface area (TPSA) is 6.48 Å². The first-order valence-corrected chi connectivity index (χ1v) is 22.7. The predicted molar refractivity (Wildman–Crippen MR) is 257 cm³/mol. The van der Waals surface area contributed by atoms with E-state index >= 15 is 0 Å². The van der Waals surface area contributed by atoms with E-state index in [2.05, 4.69) is 216 Å². The van der Waals surface area contributed by atoms with Crippen LogP contribution in [0.1, 0.15) is 33.4 Å². The second-order valence-electron chi connectivity index (χ2n) is 16.5. The van der Waals surface area contributed by atoms with Crippen LogP contribution in [-0.4, -0.2) is 0 Å². The zero-order chi connectivity index (χ0) is 40.1. The fraction of sp³-hybridized carbons (Fsp3) is 0.0526. The Morgan fingerprint density at radius 2 is 0.885 bits per heavy atom. The van der Waals surface area contributed by atoms with Gasteiger partial charge in [-0.1, -0.05) is 163 Å². The van der Waals surface area contributed by atoms with Crippen LogP contribution >= 0.6 is 23.5 Å². The van der Waals surface area contributed by atoms with Gasteiger partial charge in [0, 0.05) is 36.1 Å². The van der Waals surface area contributed by atoms with E-state index in [0.717, 1.165) is 12.8 Å². The normalized spacial score (nSPS) is 15.0. The fourth-order valence-corrected chi connectivity index (χ4v) is 12.6. The van der Waals surface area contributed by atoms with Gasteiger partial charge >= 0.3 is 0 Å². The molecule has 0 saturated carbocycles. The molecule has 13 rings (SSSR count). The Morgan fingerprint density at radius 3 is 1.49 bits per heavy atom. The Balaban J connectivity index is 0.910. The van der Waals surface area contributed by atoms with Gasteiger partial charge in [0.15, 0.2) is 0 Å². The molecule has 0 aromatic heterocycles. The minimum Gasteiger partial charge on any atom is -0.308 e. The number of rotatable bonds is 4. The summed E-state index contributed by atoms with van der Waals surface area (Å²) in [5, 5.41) is 2.48. The van der Waals surface area contributed by atoms with Gasteiger partial charge in [0.05, 0.1) is 28.4 Å². The van der Waals surface area contributed by atoms with Crippen molar-refractivity contribution in [3.63, 3.8) is 0 Å². The molecule has 1 spiro atoms. The van der Waals surface area contributed by atoms with E-state index in [0.29, 0.717) is 0 Å². The molecule has 2 nitrogen and oxygen atoms in total. The highest BCUT2D eigenvalue weighted by Crippen LogP contribution is 2.59. The number of para-hydroxylation sites is 4. The lowest BCUT2D eigenvalue weighted by atomic mass is 9.75. The summed E-state index contributed by atoms with van der Waals surface area (Å²) < 4.78 is 0. The van der Waals surface area contributed by atoms with Crippen LogP contribution in [-0.2, 0) is 18.3 Å². The summed E-state index contributed by atoms with van der Waals surface area (Å²) in [7, 11) is 0. The van der Waals surface area contributed by atoms with Gasteiger partial charge in [-0.2, -0.15) is 0 Å². The molecule has 2 aliphatic heterocycles. The molecule has 0 radical (unpaired) electrons. The van der Waals surface area contributed by atoms with Gasteiger partial charge in [-0.3, -0.25) is 0 Å². The molecule has 4 aliphatic rings. The maximum absolute atomic E-state index is 2.52. The Labute approximate surface area is 364 Å². The highest BCUT2D eigenvalue weighted by atomic mass is 32.2. The highest BCUT2D eigenvalue weighted by Gasteiger charge is 2.47. The van der Waals surface area contributed by atoms with Crippen LogP contribution in [0, 0.1) is 0 Å². The van der Waals surface area contributed by atoms with Gasteiger partial charge in [-0.25, -0.2) is 0 Å². The number of anilines is 6. The summed E-state index contributed by atoms with van der Waals surface area (Å²) in [4.78, 5) is 10.0. The second kappa shape index (κ2) is 13.7. The van der Waals surface area contributed by atoms with Gasteiger partial charge in [0.1, 0.15) is 0 Å². The molecular weight excluding hydrogens is 777 g/mol. The van der Waals surface area contributed by atoms with E-state index in [9.17, 15) is 0 Å². The molecule has 2 aliphatic carbocycles. The van der Waals surface area contributed by atoms with Gasteiger partial charge in [-0.15, -0.1) is 0 Å². The fourth-order valence-electron chi connectivity index (χ4n) is 10.5. The monoisotopic (exact) mass is 814 g/mol. The van der Waals surface area contributed by atoms with Gasteiger partial charge < -0.3 is 9.80 Å². The third-order valence-electron chi connectivity index (χ3n) is 13.2. The first-order chi connectivity index (χ1) is 30.2. The van der Waals surface area contributed by atoms with Crippen molar-refractivity contribution in [2.45, 2.75) is 37.8 Å². The Kier molecular flexibility index (Phi) is 7.85. The lowest BCUT2D eigenvalue weighted by molar-refractivity contribution is 0.563. The van der Waals surface area contributed by atoms with Crippen molar-refractivity contribution in [3.8, 4) is 11.1 Å². The first-order valence-electron chi connectivity index (χ1n) is 21.1. The quantitative estimate of drug-likeness (QED) is 0.163. The number of hydrogen-bond acceptors (Lipinski definition) is 4. The minimum atomic E-state index is -0.147. The molecule has 2 heterocycles. The molecular formula is C57H38N2S2. The van der Waals surface area contributed by atoms with Crippen molar-refractivity contribution in [1.82, 2.24) is 0 Å². The molecule has 0 unspecified atom stereocenters. The van der Waals surface area contributed by atoms with Gasteiger partial charge in [0.25, 0.3) is 0 Å². The standard InChI is InChI=1S/C57H38N2S2/c1-2-14-40-36-57(35-39(40)13-1)46-33-37(26-30-43(46)44-31-29-41(34-47(44)57)58-49-17-5-9-21-53(49)60-54-22-10-6-18-50(54)58)25-27-38-28-32-48(45-16-4-3-15-42(38)45)59-51-19-7-11-23-55(51)61-56-24-12-8-20-52(56)59/h1-34H,35-36H2/b27-25+. The van der Waals surface area contributed by atoms with E-state index in [1.165, 1.54) is 109 Å². The highest BCUT2D eigenvalue weighted by molar-refractivity contribution is 8.00. The van der Waals surface area contributed by atoms with Crippen LogP contribution in [0.4, 0.5) is 34.1 Å². The van der Waals surface area contributed by atoms with Crippen molar-refractivity contribution in [3.05, 3.63) is 228 Å². The van der Waals surface area contributed by atoms with Crippen LogP contribution in [0.15, 0.2) is 214 Å². The number of fused-ring (bicyclic) bond motifs is 11. The van der Waals surface area contributed by atoms with Gasteiger partial charge in [0.2, 0.25) is 0 Å². The summed E-state index contributed by atoms with van der Waals surface area (Å²) >= 11 is 3.71. The molecule has 0 saturated heterocycles. The summed E-state index contributed by atoms with van der Waals surface area (Å²) in [6, 6.07) is 72.3. The van der Waals surface area contributed by atoms with E-state index in [4.69, 9.17) is 0 Å². The van der Waals surface area contributed by atoms with Crippen LogP contribution in [0.5, 0.6) is 0 Å². The summed E-state index contributed by atoms with van der Waals surface area (Å²) in [6.45, 7) is 0. The summed E-state index contributed by atoms with van der Waals surface area (Å²) in [5.41, 5.74) is 18.1. The van der Waals surface area contributed by atoms with E-state index in [-0.39, 0.29) is 5.41 Å². The van der Waals surface area contributed by atoms with Crippen molar-refractivity contribution in [1.29, 1.82) is 0 Å². The smallest absolute Gasteiger partial charge is 0.0601 e. The summed E-state index contributed by atoms with van der Waals surface area (Å²) in [5.74, 6) is 0. The maximum Gasteiger partial charge on any atom is 0.0601 e. The van der Waals surface area contributed by atoms with E-state index in [1.807, 2.05) is 23.5 Å². The van der Waals surface area contributed by atoms with Crippen molar-refractivity contribution >= 4 is 80.6 Å². The summed E-state index contributed by atoms with van der Waals surface area (Å²) in [6.07, 6.45) is 6.64. The molecule has 0 atom stereocenters. The maximum atomic E-state index is 2.52. The Bertz CT molecular complexity index is 3190.